The number of benzene rings is 2. The molecular formula is C23H21FN4O3S. The molecule has 2 N–H and O–H groups in total. The number of halogens is 1. The first kappa shape index (κ1) is 21.5. The molecule has 0 aliphatic heterocycles. The molecule has 0 saturated heterocycles. The number of anilines is 1. The van der Waals surface area contributed by atoms with Crippen LogP contribution < -0.4 is 15.4 Å². The number of imidazole rings is 1. The highest BCUT2D eigenvalue weighted by molar-refractivity contribution is 7.15. The summed E-state index contributed by atoms with van der Waals surface area (Å²) >= 11 is 1.45. The van der Waals surface area contributed by atoms with E-state index < -0.39 is 0 Å². The number of fused-ring (bicyclic) bond motifs is 1. The summed E-state index contributed by atoms with van der Waals surface area (Å²) in [7, 11) is 0. The van der Waals surface area contributed by atoms with Crippen LogP contribution in [0.4, 0.5) is 10.1 Å². The maximum absolute atomic E-state index is 13.2. The summed E-state index contributed by atoms with van der Waals surface area (Å²) in [5.74, 6) is 0.106. The number of carbonyl (C=O) groups excluding carboxylic acids is 2. The molecule has 0 spiro atoms. The summed E-state index contributed by atoms with van der Waals surface area (Å²) in [4.78, 5) is 28.7. The second kappa shape index (κ2) is 9.61. The Balaban J connectivity index is 1.35. The van der Waals surface area contributed by atoms with Gasteiger partial charge in [-0.05, 0) is 48.5 Å². The van der Waals surface area contributed by atoms with Crippen molar-refractivity contribution < 1.29 is 18.7 Å². The van der Waals surface area contributed by atoms with Crippen LogP contribution in [0.1, 0.15) is 12.6 Å². The third-order valence-corrected chi connectivity index (χ3v) is 5.54. The van der Waals surface area contributed by atoms with E-state index in [4.69, 9.17) is 4.74 Å². The molecule has 0 fully saturated rings. The van der Waals surface area contributed by atoms with Crippen LogP contribution in [0.15, 0.2) is 60.1 Å². The molecule has 0 atom stereocenters. The summed E-state index contributed by atoms with van der Waals surface area (Å²) in [6.45, 7) is 2.25. The predicted molar refractivity (Wildman–Crippen MR) is 121 cm³/mol. The zero-order valence-corrected chi connectivity index (χ0v) is 18.1. The summed E-state index contributed by atoms with van der Waals surface area (Å²) in [5, 5.41) is 7.44. The fourth-order valence-electron chi connectivity index (χ4n) is 3.12. The van der Waals surface area contributed by atoms with Gasteiger partial charge in [-0.15, -0.1) is 11.3 Å². The highest BCUT2D eigenvalue weighted by Crippen LogP contribution is 2.24. The topological polar surface area (TPSA) is 84.7 Å². The summed E-state index contributed by atoms with van der Waals surface area (Å²) in [6.07, 6.45) is 2.04. The SMILES string of the molecule is CC(=O)NCCOc1ccc(NC(=O)Cc2csc3nc(-c4ccc(F)cc4)cn23)cc1. The van der Waals surface area contributed by atoms with Gasteiger partial charge in [0, 0.05) is 35.4 Å². The minimum Gasteiger partial charge on any atom is -0.492 e. The molecule has 2 aromatic heterocycles. The van der Waals surface area contributed by atoms with E-state index in [1.54, 1.807) is 36.4 Å². The number of ether oxygens (including phenoxy) is 1. The Bertz CT molecular complexity index is 1230. The third kappa shape index (κ3) is 5.30. The molecule has 2 heterocycles. The van der Waals surface area contributed by atoms with Crippen LogP contribution >= 0.6 is 11.3 Å². The smallest absolute Gasteiger partial charge is 0.230 e. The maximum atomic E-state index is 13.2. The molecule has 2 amide bonds. The van der Waals surface area contributed by atoms with Crippen LogP contribution in [0.3, 0.4) is 0 Å². The van der Waals surface area contributed by atoms with Crippen molar-refractivity contribution in [1.82, 2.24) is 14.7 Å². The van der Waals surface area contributed by atoms with E-state index in [1.165, 1.54) is 30.4 Å². The van der Waals surface area contributed by atoms with Crippen molar-refractivity contribution in [2.24, 2.45) is 0 Å². The molecule has 0 unspecified atom stereocenters. The monoisotopic (exact) mass is 452 g/mol. The number of hydrogen-bond donors (Lipinski definition) is 2. The Hall–Kier alpha value is -3.72. The zero-order valence-electron chi connectivity index (χ0n) is 17.3. The molecule has 7 nitrogen and oxygen atoms in total. The Morgan fingerprint density at radius 1 is 1.12 bits per heavy atom. The third-order valence-electron chi connectivity index (χ3n) is 4.65. The van der Waals surface area contributed by atoms with E-state index in [0.29, 0.717) is 24.6 Å². The molecule has 9 heteroatoms. The first-order valence-electron chi connectivity index (χ1n) is 9.96. The maximum Gasteiger partial charge on any atom is 0.230 e. The van der Waals surface area contributed by atoms with E-state index >= 15 is 0 Å². The first-order valence-corrected chi connectivity index (χ1v) is 10.8. The zero-order chi connectivity index (χ0) is 22.5. The highest BCUT2D eigenvalue weighted by Gasteiger charge is 2.13. The average molecular weight is 453 g/mol. The molecule has 0 aliphatic carbocycles. The average Bonchev–Trinajstić information content (AvgIpc) is 3.35. The largest absolute Gasteiger partial charge is 0.492 e. The van der Waals surface area contributed by atoms with Gasteiger partial charge in [0.05, 0.1) is 18.7 Å². The number of nitrogens with zero attached hydrogens (tertiary/aromatic N) is 2. The van der Waals surface area contributed by atoms with Gasteiger partial charge in [-0.1, -0.05) is 0 Å². The van der Waals surface area contributed by atoms with Gasteiger partial charge in [-0.25, -0.2) is 9.37 Å². The van der Waals surface area contributed by atoms with Gasteiger partial charge < -0.3 is 15.4 Å². The first-order chi connectivity index (χ1) is 15.5. The standard InChI is InChI=1S/C23H21FN4O3S/c1-15(29)25-10-11-31-20-8-6-18(7-9-20)26-22(30)12-19-14-32-23-27-21(13-28(19)23)16-2-4-17(24)5-3-16/h2-9,13-14H,10-12H2,1H3,(H,25,29)(H,26,30). The van der Waals surface area contributed by atoms with Crippen molar-refractivity contribution in [2.75, 3.05) is 18.5 Å². The van der Waals surface area contributed by atoms with E-state index in [1.807, 2.05) is 16.0 Å². The van der Waals surface area contributed by atoms with Crippen LogP contribution in [-0.2, 0) is 16.0 Å². The molecule has 0 bridgehead atoms. The van der Waals surface area contributed by atoms with Crippen LogP contribution in [-0.4, -0.2) is 34.4 Å². The number of hydrogen-bond acceptors (Lipinski definition) is 5. The fraction of sp³-hybridized carbons (Fsp3) is 0.174. The van der Waals surface area contributed by atoms with E-state index in [0.717, 1.165) is 21.9 Å². The number of thiazole rings is 1. The van der Waals surface area contributed by atoms with Crippen molar-refractivity contribution in [3.8, 4) is 17.0 Å². The van der Waals surface area contributed by atoms with Crippen LogP contribution in [0.5, 0.6) is 5.75 Å². The van der Waals surface area contributed by atoms with Crippen molar-refractivity contribution >= 4 is 33.8 Å². The van der Waals surface area contributed by atoms with Crippen molar-refractivity contribution in [3.05, 3.63) is 71.6 Å². The number of nitrogens with one attached hydrogen (secondary N) is 2. The van der Waals surface area contributed by atoms with E-state index in [9.17, 15) is 14.0 Å². The molecule has 4 rings (SSSR count). The molecule has 0 aliphatic rings. The van der Waals surface area contributed by atoms with E-state index in [2.05, 4.69) is 15.6 Å². The lowest BCUT2D eigenvalue weighted by Gasteiger charge is -2.08. The van der Waals surface area contributed by atoms with Crippen molar-refractivity contribution in [3.63, 3.8) is 0 Å². The molecule has 0 saturated carbocycles. The Kier molecular flexibility index (Phi) is 6.46. The lowest BCUT2D eigenvalue weighted by molar-refractivity contribution is -0.119. The van der Waals surface area contributed by atoms with Crippen LogP contribution in [0, 0.1) is 5.82 Å². The molecule has 4 aromatic rings. The van der Waals surface area contributed by atoms with Gasteiger partial charge in [0.25, 0.3) is 0 Å². The molecule has 164 valence electrons. The van der Waals surface area contributed by atoms with Gasteiger partial charge >= 0.3 is 0 Å². The van der Waals surface area contributed by atoms with Gasteiger partial charge in [0.1, 0.15) is 18.2 Å². The second-order valence-electron chi connectivity index (χ2n) is 7.09. The Morgan fingerprint density at radius 2 is 1.88 bits per heavy atom. The Morgan fingerprint density at radius 3 is 2.59 bits per heavy atom. The molecule has 2 aromatic carbocycles. The van der Waals surface area contributed by atoms with Crippen molar-refractivity contribution in [1.29, 1.82) is 0 Å². The normalized spacial score (nSPS) is 10.8. The number of carbonyl (C=O) groups is 2. The highest BCUT2D eigenvalue weighted by atomic mass is 32.1. The minimum atomic E-state index is -0.295. The molecular weight excluding hydrogens is 431 g/mol. The van der Waals surface area contributed by atoms with Gasteiger partial charge in [0.15, 0.2) is 4.96 Å². The van der Waals surface area contributed by atoms with Gasteiger partial charge in [-0.3, -0.25) is 14.0 Å². The lowest BCUT2D eigenvalue weighted by atomic mass is 10.2. The fourth-order valence-corrected chi connectivity index (χ4v) is 3.99. The summed E-state index contributed by atoms with van der Waals surface area (Å²) in [6, 6.07) is 13.2. The quantitative estimate of drug-likeness (QED) is 0.397. The lowest BCUT2D eigenvalue weighted by Crippen LogP contribution is -2.25. The van der Waals surface area contributed by atoms with Crippen molar-refractivity contribution in [2.45, 2.75) is 13.3 Å². The number of aromatic nitrogens is 2. The number of amides is 2. The van der Waals surface area contributed by atoms with E-state index in [-0.39, 0.29) is 24.1 Å². The summed E-state index contributed by atoms with van der Waals surface area (Å²) < 4.78 is 20.6. The summed E-state index contributed by atoms with van der Waals surface area (Å²) in [5.41, 5.74) is 3.03. The Labute approximate surface area is 187 Å². The second-order valence-corrected chi connectivity index (χ2v) is 7.93. The van der Waals surface area contributed by atoms with Crippen LogP contribution in [0.25, 0.3) is 16.2 Å². The predicted octanol–water partition coefficient (Wildman–Crippen LogP) is 3.90. The minimum absolute atomic E-state index is 0.100. The van der Waals surface area contributed by atoms with Gasteiger partial charge in [0.2, 0.25) is 11.8 Å². The molecule has 0 radical (unpaired) electrons. The molecule has 32 heavy (non-hydrogen) atoms. The van der Waals surface area contributed by atoms with Crippen LogP contribution in [0.2, 0.25) is 0 Å². The van der Waals surface area contributed by atoms with Gasteiger partial charge in [-0.2, -0.15) is 0 Å². The number of rotatable bonds is 8.